The van der Waals surface area contributed by atoms with Crippen LogP contribution in [0.25, 0.3) is 0 Å². The number of amides is 7. The quantitative estimate of drug-likeness (QED) is 0.128. The average molecular weight is 1250 g/mol. The summed E-state index contributed by atoms with van der Waals surface area (Å²) in [5, 5.41) is 16.4. The molecule has 2 aromatic heterocycles. The van der Waals surface area contributed by atoms with Gasteiger partial charge in [0.2, 0.25) is 0 Å². The number of primary amides is 1. The first kappa shape index (κ1) is 64.0. The van der Waals surface area contributed by atoms with Crippen LogP contribution in [0.15, 0.2) is 60.9 Å². The molecule has 0 aliphatic carbocycles. The molecule has 0 spiro atoms. The molecule has 8 aliphatic rings. The third-order valence-electron chi connectivity index (χ3n) is 19.2. The van der Waals surface area contributed by atoms with Gasteiger partial charge in [-0.25, -0.2) is 39.1 Å². The molecule has 0 radical (unpaired) electrons. The van der Waals surface area contributed by atoms with E-state index in [9.17, 15) is 29.2 Å². The van der Waals surface area contributed by atoms with Crippen molar-refractivity contribution in [2.24, 2.45) is 29.4 Å². The predicted octanol–water partition coefficient (Wildman–Crippen LogP) is 8.25. The summed E-state index contributed by atoms with van der Waals surface area (Å²) in [4.78, 5) is 102. The van der Waals surface area contributed by atoms with Gasteiger partial charge in [0, 0.05) is 142 Å². The number of nitrogens with two attached hydrogens (primary N) is 1. The molecule has 4 N–H and O–H groups in total. The first-order valence-electron chi connectivity index (χ1n) is 32.7. The molecule has 25 nitrogen and oxygen atoms in total. The molecule has 8 fully saturated rings. The molecule has 91 heavy (non-hydrogen) atoms. The highest BCUT2D eigenvalue weighted by Gasteiger charge is 2.41. The van der Waals surface area contributed by atoms with E-state index in [2.05, 4.69) is 70.5 Å². The van der Waals surface area contributed by atoms with Gasteiger partial charge in [0.25, 0.3) is 5.91 Å². The molecule has 2 aromatic carbocycles. The van der Waals surface area contributed by atoms with Crippen LogP contribution in [0.5, 0.6) is 0 Å². The normalized spacial score (nSPS) is 23.9. The van der Waals surface area contributed by atoms with E-state index in [0.29, 0.717) is 66.6 Å². The summed E-state index contributed by atoms with van der Waals surface area (Å²) in [6.45, 7) is 24.1. The van der Waals surface area contributed by atoms with Gasteiger partial charge in [-0.3, -0.25) is 4.79 Å². The number of nitriles is 1. The molecule has 10 heterocycles. The minimum atomic E-state index is -0.656. The molecule has 6 atom stereocenters. The maximum atomic E-state index is 12.7. The van der Waals surface area contributed by atoms with Gasteiger partial charge in [0.15, 0.2) is 23.0 Å². The lowest BCUT2D eigenvalue weighted by molar-refractivity contribution is 0.00771. The van der Waals surface area contributed by atoms with Crippen LogP contribution in [0.3, 0.4) is 0 Å². The van der Waals surface area contributed by atoms with Crippen LogP contribution in [0.1, 0.15) is 109 Å². The number of nitrogens with zero attached hydrogens (tertiary/aromatic N) is 15. The molecule has 8 aliphatic heterocycles. The van der Waals surface area contributed by atoms with Crippen molar-refractivity contribution < 1.29 is 33.4 Å². The zero-order valence-electron chi connectivity index (χ0n) is 54.4. The second-order valence-electron chi connectivity index (χ2n) is 27.9. The van der Waals surface area contributed by atoms with E-state index < -0.39 is 17.1 Å². The summed E-state index contributed by atoms with van der Waals surface area (Å²) >= 11 is 0. The highest BCUT2D eigenvalue weighted by Crippen LogP contribution is 2.38. The number of fused-ring (bicyclic) bond motifs is 2. The van der Waals surface area contributed by atoms with Crippen LogP contribution in [-0.4, -0.2) is 222 Å². The highest BCUT2D eigenvalue weighted by atomic mass is 16.6. The summed E-state index contributed by atoms with van der Waals surface area (Å²) in [6.07, 6.45) is 10.8. The van der Waals surface area contributed by atoms with Crippen molar-refractivity contribution >= 4 is 76.2 Å². The molecule has 12 rings (SSSR count). The molecule has 8 saturated heterocycles. The maximum Gasteiger partial charge on any atom is 0.410 e. The van der Waals surface area contributed by atoms with E-state index in [1.54, 1.807) is 22.2 Å². The first-order chi connectivity index (χ1) is 43.5. The van der Waals surface area contributed by atoms with E-state index >= 15 is 0 Å². The lowest BCUT2D eigenvalue weighted by Crippen LogP contribution is -2.52. The monoisotopic (exact) mass is 1250 g/mol. The van der Waals surface area contributed by atoms with Gasteiger partial charge in [-0.1, -0.05) is 0 Å². The van der Waals surface area contributed by atoms with Crippen molar-refractivity contribution in [2.75, 3.05) is 149 Å². The van der Waals surface area contributed by atoms with Crippen LogP contribution in [-0.2, 0) is 9.47 Å². The number of likely N-dealkylation sites (tertiary alicyclic amines) is 2. The summed E-state index contributed by atoms with van der Waals surface area (Å²) in [7, 11) is 3.68. The Morgan fingerprint density at radius 2 is 0.956 bits per heavy atom. The Labute approximate surface area is 535 Å². The molecule has 4 aromatic rings. The molecular weight excluding hydrogens is 1160 g/mol. The van der Waals surface area contributed by atoms with E-state index in [1.807, 2.05) is 99.5 Å². The van der Waals surface area contributed by atoms with Crippen molar-refractivity contribution in [3.05, 3.63) is 72.3 Å². The fourth-order valence-electron chi connectivity index (χ4n) is 14.3. The van der Waals surface area contributed by atoms with Gasteiger partial charge in [-0.15, -0.1) is 0 Å². The lowest BCUT2D eigenvalue weighted by Gasteiger charge is -2.45. The Kier molecular flexibility index (Phi) is 19.1. The third-order valence-corrected chi connectivity index (χ3v) is 19.2. The van der Waals surface area contributed by atoms with Crippen LogP contribution >= 0.6 is 0 Å². The first-order valence-corrected chi connectivity index (χ1v) is 32.7. The lowest BCUT2D eigenvalue weighted by atomic mass is 9.80. The number of likely N-dealkylation sites (N-methyl/N-ethyl adjacent to an activating group) is 2. The average Bonchev–Trinajstić information content (AvgIpc) is 2.39. The number of hydrogen-bond acceptors (Lipinski definition) is 18. The van der Waals surface area contributed by atoms with Crippen LogP contribution in [0, 0.1) is 35.0 Å². The van der Waals surface area contributed by atoms with Crippen molar-refractivity contribution in [1.29, 1.82) is 5.26 Å². The van der Waals surface area contributed by atoms with Gasteiger partial charge in [-0.05, 0) is 165 Å². The molecule has 7 amide bonds. The molecule has 25 heteroatoms. The SMILES string of the molecule is CN1CCN([C@@H]2CCCN(c3cnc(C#N)c(Nc4ccc(N5CCC6CCN(C(=O)OC(C)(C)C)CC6C5)cc4)n3)C2)C1=O.CN1CCN([C@@H]2CCCN(c3cnc(C(N)=O)c(Nc4ccc(N5CCC6CCN(C(=O)OC(C)(C)C)CC6C5)cc4)n3)C2)C1=O. The minimum absolute atomic E-state index is 0.0682. The number of carbonyl (C=O) groups excluding carboxylic acids is 5. The van der Waals surface area contributed by atoms with Crippen molar-refractivity contribution in [2.45, 2.75) is 116 Å². The molecule has 4 unspecified atom stereocenters. The topological polar surface area (TPSA) is 262 Å². The molecule has 0 saturated carbocycles. The van der Waals surface area contributed by atoms with Gasteiger partial charge in [-0.2, -0.15) is 5.26 Å². The Bertz CT molecular complexity index is 3320. The Morgan fingerprint density at radius 1 is 0.527 bits per heavy atom. The second-order valence-corrected chi connectivity index (χ2v) is 27.9. The number of hydrogen-bond donors (Lipinski definition) is 3. The molecular formula is C66H92N18O7. The number of benzene rings is 2. The second kappa shape index (κ2) is 27.1. The molecule has 0 bridgehead atoms. The largest absolute Gasteiger partial charge is 0.444 e. The van der Waals surface area contributed by atoms with E-state index in [4.69, 9.17) is 25.2 Å². The number of carbonyl (C=O) groups is 5. The smallest absolute Gasteiger partial charge is 0.410 e. The summed E-state index contributed by atoms with van der Waals surface area (Å²) in [5.74, 6) is 3.46. The zero-order chi connectivity index (χ0) is 64.3. The number of piperidine rings is 6. The van der Waals surface area contributed by atoms with Gasteiger partial charge in [0.1, 0.15) is 28.9 Å². The number of urea groups is 2. The Morgan fingerprint density at radius 3 is 1.37 bits per heavy atom. The van der Waals surface area contributed by atoms with Crippen LogP contribution in [0.4, 0.5) is 65.2 Å². The molecule has 488 valence electrons. The fraction of sp³-hybridized carbons (Fsp3) is 0.606. The van der Waals surface area contributed by atoms with Crippen molar-refractivity contribution in [3.8, 4) is 6.07 Å². The van der Waals surface area contributed by atoms with Gasteiger partial charge < -0.3 is 74.8 Å². The van der Waals surface area contributed by atoms with Crippen molar-refractivity contribution in [3.63, 3.8) is 0 Å². The third kappa shape index (κ3) is 15.3. The summed E-state index contributed by atoms with van der Waals surface area (Å²) < 4.78 is 11.3. The van der Waals surface area contributed by atoms with Gasteiger partial charge >= 0.3 is 24.2 Å². The summed E-state index contributed by atoms with van der Waals surface area (Å²) in [5.41, 5.74) is 8.83. The van der Waals surface area contributed by atoms with Crippen LogP contribution < -0.4 is 36.0 Å². The van der Waals surface area contributed by atoms with Crippen LogP contribution in [0.2, 0.25) is 0 Å². The van der Waals surface area contributed by atoms with Gasteiger partial charge in [0.05, 0.1) is 24.5 Å². The maximum absolute atomic E-state index is 12.7. The van der Waals surface area contributed by atoms with E-state index in [-0.39, 0.29) is 47.7 Å². The van der Waals surface area contributed by atoms with E-state index in [0.717, 1.165) is 159 Å². The standard InChI is InChI=1S/C33H47N9O4.C33H45N9O3/c1-33(2,3)46-32(45)41-15-12-22-11-14-39(19-23(22)20-41)25-9-7-24(8-10-25)36-30-28(29(34)43)35-18-27(37-30)40-13-5-6-26(21-40)42-17-16-38(4)31(42)44;1-33(2,3)45-32(44)41-15-12-23-11-14-39(20-24(23)21-41)26-9-7-25(8-10-26)36-30-28(18-34)35-19-29(37-30)40-13-5-6-27(22-40)42-17-16-38(4)31(42)43/h7-10,18,22-23,26H,5-6,11-17,19-21H2,1-4H3,(H2,34,43)(H,36,37);7-10,19,23-24,27H,5-6,11-17,20-22H2,1-4H3,(H,36,37)/t22?,23?,26-;23?,24?,27-/m11/s1. The number of anilines is 8. The zero-order valence-corrected chi connectivity index (χ0v) is 54.4. The fourth-order valence-corrected chi connectivity index (χ4v) is 14.3. The summed E-state index contributed by atoms with van der Waals surface area (Å²) in [6, 6.07) is 18.9. The number of aromatic nitrogens is 4. The number of rotatable bonds is 11. The Hall–Kier alpha value is -8.56. The predicted molar refractivity (Wildman–Crippen MR) is 349 cm³/mol. The van der Waals surface area contributed by atoms with Crippen molar-refractivity contribution in [1.82, 2.24) is 49.3 Å². The number of nitrogens with one attached hydrogen (secondary N) is 2. The van der Waals surface area contributed by atoms with E-state index in [1.165, 1.54) is 0 Å². The number of ether oxygens (including phenoxy) is 2. The highest BCUT2D eigenvalue weighted by molar-refractivity contribution is 5.96. The minimum Gasteiger partial charge on any atom is -0.444 e. The Balaban J connectivity index is 0.000000187.